The molecule has 3 aromatic rings. The van der Waals surface area contributed by atoms with Gasteiger partial charge in [0.2, 0.25) is 0 Å². The van der Waals surface area contributed by atoms with Gasteiger partial charge in [-0.2, -0.15) is 8.42 Å². The first-order valence-corrected chi connectivity index (χ1v) is 13.7. The number of piperazine rings is 1. The smallest absolute Gasteiger partial charge is 0.465 e. The summed E-state index contributed by atoms with van der Waals surface area (Å²) < 4.78 is 50.6. The number of halogens is 1. The van der Waals surface area contributed by atoms with E-state index in [1.807, 2.05) is 29.2 Å². The number of rotatable bonds is 6. The van der Waals surface area contributed by atoms with Gasteiger partial charge in [0.25, 0.3) is 0 Å². The summed E-state index contributed by atoms with van der Waals surface area (Å²) in [6.07, 6.45) is -0.428. The summed E-state index contributed by atoms with van der Waals surface area (Å²) in [6, 6.07) is 19.1. The molecule has 0 bridgehead atoms. The van der Waals surface area contributed by atoms with Crippen LogP contribution in [-0.2, 0) is 20.0 Å². The lowest BCUT2D eigenvalue weighted by atomic mass is 9.98. The summed E-state index contributed by atoms with van der Waals surface area (Å²) in [5, 5.41) is 0. The molecular weight excluding hydrogens is 527 g/mol. The Labute approximate surface area is 226 Å². The second-order valence-corrected chi connectivity index (χ2v) is 10.3. The number of ether oxygens (including phenoxy) is 2. The molecule has 1 amide bonds. The van der Waals surface area contributed by atoms with E-state index in [1.54, 1.807) is 4.90 Å². The van der Waals surface area contributed by atoms with Crippen LogP contribution in [0.3, 0.4) is 0 Å². The molecule has 1 aliphatic heterocycles. The van der Waals surface area contributed by atoms with Crippen molar-refractivity contribution in [2.75, 3.05) is 44.8 Å². The van der Waals surface area contributed by atoms with Crippen LogP contribution in [0.2, 0.25) is 0 Å². The minimum Gasteiger partial charge on any atom is -0.465 e. The molecule has 39 heavy (non-hydrogen) atoms. The van der Waals surface area contributed by atoms with Crippen molar-refractivity contribution in [1.29, 1.82) is 0 Å². The monoisotopic (exact) mass is 554 g/mol. The third-order valence-electron chi connectivity index (χ3n) is 7.18. The van der Waals surface area contributed by atoms with Crippen LogP contribution < -0.4 is 9.08 Å². The summed E-state index contributed by atoms with van der Waals surface area (Å²) in [7, 11) is -4.12. The average Bonchev–Trinajstić information content (AvgIpc) is 3.25. The summed E-state index contributed by atoms with van der Waals surface area (Å²) in [5.74, 6) is -1.07. The van der Waals surface area contributed by atoms with Gasteiger partial charge < -0.3 is 23.5 Å². The fourth-order valence-corrected chi connectivity index (χ4v) is 5.59. The first-order chi connectivity index (χ1) is 18.7. The molecule has 3 aromatic carbocycles. The standard InChI is InChI=1S/C28H27FN2O7S/c1-18-24(27(32)36-2)15-19(16-26(18)38-39(29,34)35)30-11-13-31(14-12-30)28(33)37-17-25-22-9-5-3-7-20(22)21-8-4-6-10-23(21)25/h3-10,15-16,25H,11-14,17H2,1-2H3. The molecule has 11 heteroatoms. The van der Waals surface area contributed by atoms with Gasteiger partial charge >= 0.3 is 22.6 Å². The first-order valence-electron chi connectivity index (χ1n) is 12.4. The van der Waals surface area contributed by atoms with Crippen LogP contribution >= 0.6 is 0 Å². The normalized spacial score (nSPS) is 14.9. The van der Waals surface area contributed by atoms with E-state index in [9.17, 15) is 21.9 Å². The van der Waals surface area contributed by atoms with Crippen molar-refractivity contribution in [3.63, 3.8) is 0 Å². The number of hydrogen-bond donors (Lipinski definition) is 0. The van der Waals surface area contributed by atoms with Crippen molar-refractivity contribution >= 4 is 28.3 Å². The molecule has 0 atom stereocenters. The Hall–Kier alpha value is -4.12. The number of benzene rings is 3. The lowest BCUT2D eigenvalue weighted by Gasteiger charge is -2.36. The summed E-state index contributed by atoms with van der Waals surface area (Å²) >= 11 is 0. The number of fused-ring (bicyclic) bond motifs is 3. The molecule has 0 unspecified atom stereocenters. The van der Waals surface area contributed by atoms with Gasteiger partial charge in [0.1, 0.15) is 6.61 Å². The van der Waals surface area contributed by atoms with E-state index < -0.39 is 22.6 Å². The number of methoxy groups -OCH3 is 1. The number of anilines is 1. The minimum atomic E-state index is -5.31. The van der Waals surface area contributed by atoms with Crippen molar-refractivity contribution in [3.8, 4) is 16.9 Å². The molecule has 0 N–H and O–H groups in total. The topological polar surface area (TPSA) is 102 Å². The van der Waals surface area contributed by atoms with Crippen LogP contribution in [0.25, 0.3) is 11.1 Å². The third kappa shape index (κ3) is 5.40. The number of carbonyl (C=O) groups excluding carboxylic acids is 2. The molecule has 0 aromatic heterocycles. The van der Waals surface area contributed by atoms with Gasteiger partial charge in [0, 0.05) is 49.4 Å². The number of amides is 1. The molecule has 5 rings (SSSR count). The highest BCUT2D eigenvalue weighted by atomic mass is 32.3. The van der Waals surface area contributed by atoms with Crippen molar-refractivity contribution in [2.45, 2.75) is 12.8 Å². The zero-order chi connectivity index (χ0) is 27.7. The Bertz CT molecular complexity index is 1490. The lowest BCUT2D eigenvalue weighted by Crippen LogP contribution is -2.49. The number of carbonyl (C=O) groups is 2. The van der Waals surface area contributed by atoms with Crippen molar-refractivity contribution in [2.24, 2.45) is 0 Å². The molecule has 0 saturated carbocycles. The van der Waals surface area contributed by atoms with E-state index in [1.165, 1.54) is 26.2 Å². The van der Waals surface area contributed by atoms with Crippen LogP contribution in [0.5, 0.6) is 5.75 Å². The van der Waals surface area contributed by atoms with Gasteiger partial charge in [-0.15, -0.1) is 0 Å². The van der Waals surface area contributed by atoms with Crippen molar-refractivity contribution in [1.82, 2.24) is 4.90 Å². The van der Waals surface area contributed by atoms with Gasteiger partial charge in [-0.05, 0) is 35.2 Å². The van der Waals surface area contributed by atoms with E-state index in [-0.39, 0.29) is 29.4 Å². The molecular formula is C28H27FN2O7S. The largest absolute Gasteiger partial charge is 0.488 e. The van der Waals surface area contributed by atoms with Gasteiger partial charge in [0.05, 0.1) is 12.7 Å². The molecule has 2 aliphatic rings. The number of nitrogens with zero attached hydrogens (tertiary/aromatic N) is 2. The number of hydrogen-bond acceptors (Lipinski definition) is 8. The molecule has 0 spiro atoms. The van der Waals surface area contributed by atoms with E-state index in [0.29, 0.717) is 31.9 Å². The van der Waals surface area contributed by atoms with Crippen LogP contribution in [0.4, 0.5) is 14.4 Å². The predicted molar refractivity (Wildman–Crippen MR) is 142 cm³/mol. The maximum atomic E-state index is 13.3. The van der Waals surface area contributed by atoms with E-state index in [2.05, 4.69) is 28.4 Å². The number of esters is 1. The second kappa shape index (κ2) is 10.6. The Morgan fingerprint density at radius 3 is 2.10 bits per heavy atom. The Morgan fingerprint density at radius 1 is 0.949 bits per heavy atom. The molecule has 0 radical (unpaired) electrons. The third-order valence-corrected chi connectivity index (χ3v) is 7.56. The molecule has 9 nitrogen and oxygen atoms in total. The highest BCUT2D eigenvalue weighted by Gasteiger charge is 2.31. The molecule has 1 fully saturated rings. The molecule has 1 heterocycles. The van der Waals surface area contributed by atoms with E-state index in [0.717, 1.165) is 22.3 Å². The molecule has 204 valence electrons. The minimum absolute atomic E-state index is 0.0443. The molecule has 1 aliphatic carbocycles. The summed E-state index contributed by atoms with van der Waals surface area (Å²) in [4.78, 5) is 28.7. The lowest BCUT2D eigenvalue weighted by molar-refractivity contribution is 0.0599. The zero-order valence-corrected chi connectivity index (χ0v) is 22.2. The fourth-order valence-electron chi connectivity index (χ4n) is 5.20. The highest BCUT2D eigenvalue weighted by Crippen LogP contribution is 2.44. The van der Waals surface area contributed by atoms with E-state index >= 15 is 0 Å². The van der Waals surface area contributed by atoms with Crippen LogP contribution in [0, 0.1) is 6.92 Å². The Kier molecular flexibility index (Phi) is 7.17. The quantitative estimate of drug-likeness (QED) is 0.326. The predicted octanol–water partition coefficient (Wildman–Crippen LogP) is 4.45. The molecule has 1 saturated heterocycles. The van der Waals surface area contributed by atoms with Crippen LogP contribution in [0.1, 0.15) is 33.0 Å². The second-order valence-electron chi connectivity index (χ2n) is 9.36. The first kappa shape index (κ1) is 26.5. The fraction of sp³-hybridized carbons (Fsp3) is 0.286. The maximum absolute atomic E-state index is 13.3. The van der Waals surface area contributed by atoms with E-state index in [4.69, 9.17) is 9.47 Å². The van der Waals surface area contributed by atoms with Gasteiger partial charge in [-0.1, -0.05) is 52.4 Å². The Morgan fingerprint density at radius 2 is 1.54 bits per heavy atom. The van der Waals surface area contributed by atoms with Gasteiger partial charge in [-0.3, -0.25) is 0 Å². The van der Waals surface area contributed by atoms with Crippen LogP contribution in [0.15, 0.2) is 60.7 Å². The van der Waals surface area contributed by atoms with Gasteiger partial charge in [-0.25, -0.2) is 9.59 Å². The van der Waals surface area contributed by atoms with Crippen molar-refractivity contribution in [3.05, 3.63) is 82.9 Å². The zero-order valence-electron chi connectivity index (χ0n) is 21.4. The summed E-state index contributed by atoms with van der Waals surface area (Å²) in [5.41, 5.74) is 5.17. The van der Waals surface area contributed by atoms with Crippen LogP contribution in [-0.4, -0.2) is 65.3 Å². The average molecular weight is 555 g/mol. The SMILES string of the molecule is COC(=O)c1cc(N2CCN(C(=O)OCC3c4ccccc4-c4ccccc43)CC2)cc(OS(=O)(=O)F)c1C. The van der Waals surface area contributed by atoms with Crippen molar-refractivity contribution < 1.29 is 35.5 Å². The van der Waals surface area contributed by atoms with Gasteiger partial charge in [0.15, 0.2) is 5.75 Å². The Balaban J connectivity index is 1.26. The summed E-state index contributed by atoms with van der Waals surface area (Å²) in [6.45, 7) is 3.05. The highest BCUT2D eigenvalue weighted by molar-refractivity contribution is 7.81. The maximum Gasteiger partial charge on any atom is 0.488 e.